The largest absolute Gasteiger partial charge is 0.310 e. The molecule has 21 heavy (non-hydrogen) atoms. The standard InChI is InChI=1S/C16H23N5/c1-11(2)17-8-13-9-18-16(20-12(13)3)21-10-19-14-6-4-5-7-15(14)21/h9-11,17H,4-8H2,1-3H3. The fourth-order valence-electron chi connectivity index (χ4n) is 2.72. The molecule has 0 spiro atoms. The van der Waals surface area contributed by atoms with Crippen molar-refractivity contribution in [2.24, 2.45) is 0 Å². The van der Waals surface area contributed by atoms with E-state index in [0.29, 0.717) is 6.04 Å². The fraction of sp³-hybridized carbons (Fsp3) is 0.562. The van der Waals surface area contributed by atoms with Gasteiger partial charge in [0.1, 0.15) is 6.33 Å². The van der Waals surface area contributed by atoms with Crippen molar-refractivity contribution in [1.82, 2.24) is 24.8 Å². The van der Waals surface area contributed by atoms with E-state index in [-0.39, 0.29) is 0 Å². The van der Waals surface area contributed by atoms with E-state index in [1.165, 1.54) is 24.2 Å². The van der Waals surface area contributed by atoms with E-state index < -0.39 is 0 Å². The summed E-state index contributed by atoms with van der Waals surface area (Å²) in [6, 6.07) is 0.463. The summed E-state index contributed by atoms with van der Waals surface area (Å²) in [6.45, 7) is 7.14. The molecule has 0 radical (unpaired) electrons. The van der Waals surface area contributed by atoms with Gasteiger partial charge in [-0.25, -0.2) is 15.0 Å². The number of nitrogens with zero attached hydrogens (tertiary/aromatic N) is 4. The molecule has 5 heteroatoms. The van der Waals surface area contributed by atoms with Crippen LogP contribution < -0.4 is 5.32 Å². The highest BCUT2D eigenvalue weighted by Crippen LogP contribution is 2.22. The van der Waals surface area contributed by atoms with Gasteiger partial charge in [-0.1, -0.05) is 13.8 Å². The third kappa shape index (κ3) is 2.97. The molecule has 3 rings (SSSR count). The van der Waals surface area contributed by atoms with Gasteiger partial charge < -0.3 is 5.32 Å². The molecular weight excluding hydrogens is 262 g/mol. The van der Waals surface area contributed by atoms with E-state index in [9.17, 15) is 0 Å². The Bertz CT molecular complexity index is 630. The van der Waals surface area contributed by atoms with Crippen LogP contribution in [-0.2, 0) is 19.4 Å². The van der Waals surface area contributed by atoms with Crippen LogP contribution in [-0.4, -0.2) is 25.6 Å². The second kappa shape index (κ2) is 5.93. The smallest absolute Gasteiger partial charge is 0.235 e. The first-order valence-corrected chi connectivity index (χ1v) is 7.76. The summed E-state index contributed by atoms with van der Waals surface area (Å²) in [5.41, 5.74) is 4.69. The molecule has 2 aromatic heterocycles. The SMILES string of the molecule is Cc1nc(-n2cnc3c2CCCC3)ncc1CNC(C)C. The van der Waals surface area contributed by atoms with Crippen LogP contribution in [0.15, 0.2) is 12.5 Å². The Morgan fingerprint density at radius 1 is 1.24 bits per heavy atom. The summed E-state index contributed by atoms with van der Waals surface area (Å²) in [7, 11) is 0. The number of fused-ring (bicyclic) bond motifs is 1. The minimum atomic E-state index is 0.463. The average Bonchev–Trinajstić information content (AvgIpc) is 2.89. The molecule has 0 aromatic carbocycles. The zero-order chi connectivity index (χ0) is 14.8. The van der Waals surface area contributed by atoms with E-state index in [0.717, 1.165) is 36.6 Å². The molecule has 1 N–H and O–H groups in total. The van der Waals surface area contributed by atoms with E-state index in [4.69, 9.17) is 0 Å². The van der Waals surface area contributed by atoms with Gasteiger partial charge in [0.2, 0.25) is 5.95 Å². The molecule has 0 bridgehead atoms. The molecule has 0 aliphatic heterocycles. The Kier molecular flexibility index (Phi) is 4.01. The Balaban J connectivity index is 1.86. The molecule has 1 aliphatic carbocycles. The zero-order valence-corrected chi connectivity index (χ0v) is 13.1. The number of aromatic nitrogens is 4. The van der Waals surface area contributed by atoms with Crippen LogP contribution in [0.4, 0.5) is 0 Å². The van der Waals surface area contributed by atoms with Crippen LogP contribution in [0.3, 0.4) is 0 Å². The zero-order valence-electron chi connectivity index (χ0n) is 13.1. The summed E-state index contributed by atoms with van der Waals surface area (Å²) in [5, 5.41) is 3.41. The Morgan fingerprint density at radius 2 is 2.05 bits per heavy atom. The lowest BCUT2D eigenvalue weighted by Crippen LogP contribution is -2.23. The van der Waals surface area contributed by atoms with Gasteiger partial charge in [0.05, 0.1) is 5.69 Å². The molecule has 0 saturated carbocycles. The molecule has 0 fully saturated rings. The van der Waals surface area contributed by atoms with Gasteiger partial charge in [-0.05, 0) is 32.6 Å². The van der Waals surface area contributed by atoms with Crippen molar-refractivity contribution in [3.63, 3.8) is 0 Å². The first-order valence-electron chi connectivity index (χ1n) is 7.76. The quantitative estimate of drug-likeness (QED) is 0.937. The Morgan fingerprint density at radius 3 is 2.81 bits per heavy atom. The van der Waals surface area contributed by atoms with Crippen LogP contribution in [0.5, 0.6) is 0 Å². The molecule has 0 unspecified atom stereocenters. The lowest BCUT2D eigenvalue weighted by atomic mass is 10.0. The number of aryl methyl sites for hydroxylation is 2. The van der Waals surface area contributed by atoms with Crippen LogP contribution in [0.1, 0.15) is 49.3 Å². The van der Waals surface area contributed by atoms with E-state index in [1.54, 1.807) is 0 Å². The minimum absolute atomic E-state index is 0.463. The van der Waals surface area contributed by atoms with Crippen molar-refractivity contribution in [1.29, 1.82) is 0 Å². The summed E-state index contributed by atoms with van der Waals surface area (Å²) in [6.07, 6.45) is 8.43. The molecule has 0 atom stereocenters. The van der Waals surface area contributed by atoms with Crippen molar-refractivity contribution >= 4 is 0 Å². The summed E-state index contributed by atoms with van der Waals surface area (Å²) >= 11 is 0. The second-order valence-electron chi connectivity index (χ2n) is 6.03. The molecule has 2 aromatic rings. The summed E-state index contributed by atoms with van der Waals surface area (Å²) in [4.78, 5) is 13.7. The van der Waals surface area contributed by atoms with Crippen molar-refractivity contribution in [3.05, 3.63) is 35.2 Å². The van der Waals surface area contributed by atoms with Gasteiger partial charge in [0.15, 0.2) is 0 Å². The normalized spacial score (nSPS) is 14.5. The maximum Gasteiger partial charge on any atom is 0.235 e. The lowest BCUT2D eigenvalue weighted by molar-refractivity contribution is 0.584. The second-order valence-corrected chi connectivity index (χ2v) is 6.03. The maximum absolute atomic E-state index is 4.67. The van der Waals surface area contributed by atoms with E-state index in [2.05, 4.69) is 38.7 Å². The van der Waals surface area contributed by atoms with Gasteiger partial charge in [0, 0.05) is 35.7 Å². The predicted molar refractivity (Wildman–Crippen MR) is 82.5 cm³/mol. The van der Waals surface area contributed by atoms with Crippen LogP contribution in [0.25, 0.3) is 5.95 Å². The Labute approximate surface area is 125 Å². The van der Waals surface area contributed by atoms with Gasteiger partial charge in [0.25, 0.3) is 0 Å². The van der Waals surface area contributed by atoms with Crippen LogP contribution >= 0.6 is 0 Å². The van der Waals surface area contributed by atoms with Crippen molar-refractivity contribution in [3.8, 4) is 5.95 Å². The molecule has 0 amide bonds. The number of nitrogens with one attached hydrogen (secondary N) is 1. The summed E-state index contributed by atoms with van der Waals surface area (Å²) < 4.78 is 2.06. The summed E-state index contributed by atoms with van der Waals surface area (Å²) in [5.74, 6) is 0.747. The highest BCUT2D eigenvalue weighted by Gasteiger charge is 2.17. The first kappa shape index (κ1) is 14.2. The highest BCUT2D eigenvalue weighted by atomic mass is 15.2. The molecule has 112 valence electrons. The molecule has 2 heterocycles. The van der Waals surface area contributed by atoms with Gasteiger partial charge in [-0.2, -0.15) is 0 Å². The molecule has 1 aliphatic rings. The van der Waals surface area contributed by atoms with Crippen molar-refractivity contribution < 1.29 is 0 Å². The van der Waals surface area contributed by atoms with Crippen molar-refractivity contribution in [2.45, 2.75) is 59.0 Å². The predicted octanol–water partition coefficient (Wildman–Crippen LogP) is 2.35. The topological polar surface area (TPSA) is 55.6 Å². The fourth-order valence-corrected chi connectivity index (χ4v) is 2.72. The van der Waals surface area contributed by atoms with E-state index in [1.807, 2.05) is 19.4 Å². The minimum Gasteiger partial charge on any atom is -0.310 e. The first-order chi connectivity index (χ1) is 10.1. The number of hydrogen-bond donors (Lipinski definition) is 1. The number of hydrogen-bond acceptors (Lipinski definition) is 4. The molecule has 0 saturated heterocycles. The van der Waals surface area contributed by atoms with Gasteiger partial charge in [-0.3, -0.25) is 4.57 Å². The molecular formula is C16H23N5. The lowest BCUT2D eigenvalue weighted by Gasteiger charge is -2.14. The van der Waals surface area contributed by atoms with E-state index >= 15 is 0 Å². The Hall–Kier alpha value is -1.75. The van der Waals surface area contributed by atoms with Crippen LogP contribution in [0, 0.1) is 6.92 Å². The van der Waals surface area contributed by atoms with Gasteiger partial charge in [-0.15, -0.1) is 0 Å². The number of rotatable bonds is 4. The average molecular weight is 285 g/mol. The monoisotopic (exact) mass is 285 g/mol. The van der Waals surface area contributed by atoms with Crippen LogP contribution in [0.2, 0.25) is 0 Å². The highest BCUT2D eigenvalue weighted by molar-refractivity contribution is 5.28. The van der Waals surface area contributed by atoms with Gasteiger partial charge >= 0.3 is 0 Å². The molecule has 5 nitrogen and oxygen atoms in total. The third-order valence-corrected chi connectivity index (χ3v) is 4.01. The third-order valence-electron chi connectivity index (χ3n) is 4.01. The van der Waals surface area contributed by atoms with Crippen molar-refractivity contribution in [2.75, 3.05) is 0 Å². The number of imidazole rings is 1. The maximum atomic E-state index is 4.67.